The van der Waals surface area contributed by atoms with E-state index in [0.717, 1.165) is 34.5 Å². The highest BCUT2D eigenvalue weighted by Crippen LogP contribution is 2.25. The van der Waals surface area contributed by atoms with Gasteiger partial charge in [0.05, 0.1) is 11.0 Å². The maximum absolute atomic E-state index is 5.73. The summed E-state index contributed by atoms with van der Waals surface area (Å²) < 4.78 is 2.13. The van der Waals surface area contributed by atoms with E-state index in [0.29, 0.717) is 0 Å². The number of anilines is 1. The van der Waals surface area contributed by atoms with Gasteiger partial charge in [0.2, 0.25) is 0 Å². The number of nitrogen functional groups attached to an aromatic ring is 1. The summed E-state index contributed by atoms with van der Waals surface area (Å²) in [6.45, 7) is 2.16. The molecule has 0 unspecified atom stereocenters. The molecule has 0 amide bonds. The van der Waals surface area contributed by atoms with Crippen LogP contribution in [-0.2, 0) is 13.5 Å². The lowest BCUT2D eigenvalue weighted by Gasteiger charge is -2.03. The van der Waals surface area contributed by atoms with Crippen molar-refractivity contribution in [2.75, 3.05) is 5.73 Å². The third-order valence-electron chi connectivity index (χ3n) is 3.52. The van der Waals surface area contributed by atoms with Gasteiger partial charge in [0, 0.05) is 18.3 Å². The van der Waals surface area contributed by atoms with Crippen LogP contribution in [0.3, 0.4) is 0 Å². The van der Waals surface area contributed by atoms with Crippen molar-refractivity contribution in [2.24, 2.45) is 7.05 Å². The molecule has 96 valence electrons. The fraction of sp³-hybridized carbons (Fsp3) is 0.188. The van der Waals surface area contributed by atoms with Crippen LogP contribution in [0.5, 0.6) is 0 Å². The number of aryl methyl sites for hydroxylation is 2. The lowest BCUT2D eigenvalue weighted by atomic mass is 10.1. The van der Waals surface area contributed by atoms with Crippen LogP contribution >= 0.6 is 0 Å². The van der Waals surface area contributed by atoms with Crippen LogP contribution in [0.1, 0.15) is 12.5 Å². The van der Waals surface area contributed by atoms with Crippen molar-refractivity contribution in [2.45, 2.75) is 13.3 Å². The zero-order valence-electron chi connectivity index (χ0n) is 11.2. The molecule has 0 bridgehead atoms. The fourth-order valence-electron chi connectivity index (χ4n) is 2.36. The Bertz CT molecular complexity index is 724. The molecule has 0 saturated carbocycles. The molecule has 0 radical (unpaired) electrons. The van der Waals surface area contributed by atoms with Gasteiger partial charge in [-0.2, -0.15) is 0 Å². The molecule has 0 saturated heterocycles. The van der Waals surface area contributed by atoms with Crippen LogP contribution in [-0.4, -0.2) is 9.55 Å². The van der Waals surface area contributed by atoms with E-state index in [4.69, 9.17) is 10.7 Å². The second kappa shape index (κ2) is 4.43. The van der Waals surface area contributed by atoms with Crippen LogP contribution in [0.25, 0.3) is 22.4 Å². The van der Waals surface area contributed by atoms with E-state index < -0.39 is 0 Å². The highest BCUT2D eigenvalue weighted by atomic mass is 15.1. The molecule has 3 rings (SSSR count). The smallest absolute Gasteiger partial charge is 0.140 e. The molecule has 2 aromatic carbocycles. The summed E-state index contributed by atoms with van der Waals surface area (Å²) >= 11 is 0. The lowest BCUT2D eigenvalue weighted by molar-refractivity contribution is 0.959. The first-order valence-corrected chi connectivity index (χ1v) is 6.50. The van der Waals surface area contributed by atoms with E-state index in [-0.39, 0.29) is 0 Å². The number of fused-ring (bicyclic) bond motifs is 1. The molecule has 3 heteroatoms. The molecule has 0 aliphatic heterocycles. The molecule has 3 nitrogen and oxygen atoms in total. The number of nitrogens with two attached hydrogens (primary N) is 1. The zero-order valence-corrected chi connectivity index (χ0v) is 11.2. The standard InChI is InChI=1S/C16H17N3/c1-3-11-4-9-15-14(10-11)18-16(19(15)2)12-5-7-13(17)8-6-12/h4-10H,3,17H2,1-2H3. The van der Waals surface area contributed by atoms with Gasteiger partial charge in [-0.05, 0) is 48.4 Å². The van der Waals surface area contributed by atoms with Crippen LogP contribution in [0.4, 0.5) is 5.69 Å². The van der Waals surface area contributed by atoms with E-state index >= 15 is 0 Å². The normalized spacial score (nSPS) is 11.1. The number of imidazole rings is 1. The lowest BCUT2D eigenvalue weighted by Crippen LogP contribution is -1.93. The monoisotopic (exact) mass is 251 g/mol. The highest BCUT2D eigenvalue weighted by molar-refractivity contribution is 5.81. The van der Waals surface area contributed by atoms with Gasteiger partial charge in [-0.3, -0.25) is 0 Å². The molecule has 2 N–H and O–H groups in total. The number of hydrogen-bond acceptors (Lipinski definition) is 2. The van der Waals surface area contributed by atoms with E-state index in [1.165, 1.54) is 5.56 Å². The maximum atomic E-state index is 5.73. The first-order valence-electron chi connectivity index (χ1n) is 6.50. The van der Waals surface area contributed by atoms with Crippen molar-refractivity contribution in [3.8, 4) is 11.4 Å². The summed E-state index contributed by atoms with van der Waals surface area (Å²) in [4.78, 5) is 4.74. The summed E-state index contributed by atoms with van der Waals surface area (Å²) in [5, 5.41) is 0. The van der Waals surface area contributed by atoms with Crippen molar-refractivity contribution < 1.29 is 0 Å². The Kier molecular flexibility index (Phi) is 2.75. The van der Waals surface area contributed by atoms with Crippen molar-refractivity contribution >= 4 is 16.7 Å². The quantitative estimate of drug-likeness (QED) is 0.709. The van der Waals surface area contributed by atoms with Gasteiger partial charge in [0.1, 0.15) is 5.82 Å². The Balaban J connectivity index is 2.19. The summed E-state index contributed by atoms with van der Waals surface area (Å²) in [5.41, 5.74) is 11.1. The molecule has 0 aliphatic carbocycles. The first-order chi connectivity index (χ1) is 9.19. The predicted molar refractivity (Wildman–Crippen MR) is 79.9 cm³/mol. The minimum Gasteiger partial charge on any atom is -0.399 e. The number of aromatic nitrogens is 2. The van der Waals surface area contributed by atoms with Gasteiger partial charge < -0.3 is 10.3 Å². The van der Waals surface area contributed by atoms with E-state index in [1.54, 1.807) is 0 Å². The fourth-order valence-corrected chi connectivity index (χ4v) is 2.36. The van der Waals surface area contributed by atoms with Crippen LogP contribution in [0.2, 0.25) is 0 Å². The first kappa shape index (κ1) is 11.8. The van der Waals surface area contributed by atoms with E-state index in [9.17, 15) is 0 Å². The summed E-state index contributed by atoms with van der Waals surface area (Å²) in [5.74, 6) is 0.975. The molecule has 1 heterocycles. The molecule has 0 aliphatic rings. The summed E-state index contributed by atoms with van der Waals surface area (Å²) in [6.07, 6.45) is 1.03. The van der Waals surface area contributed by atoms with Crippen molar-refractivity contribution in [1.29, 1.82) is 0 Å². The van der Waals surface area contributed by atoms with Crippen LogP contribution < -0.4 is 5.73 Å². The van der Waals surface area contributed by atoms with Crippen molar-refractivity contribution in [3.05, 3.63) is 48.0 Å². The van der Waals surface area contributed by atoms with Gasteiger partial charge >= 0.3 is 0 Å². The molecule has 1 aromatic heterocycles. The van der Waals surface area contributed by atoms with Gasteiger partial charge in [0.15, 0.2) is 0 Å². The summed E-state index contributed by atoms with van der Waals surface area (Å²) in [7, 11) is 2.05. The minimum atomic E-state index is 0.774. The SMILES string of the molecule is CCc1ccc2c(c1)nc(-c1ccc(N)cc1)n2C. The van der Waals surface area contributed by atoms with Crippen LogP contribution in [0, 0.1) is 0 Å². The third kappa shape index (κ3) is 1.97. The Morgan fingerprint density at radius 3 is 2.53 bits per heavy atom. The molecular formula is C16H17N3. The average molecular weight is 251 g/mol. The molecule has 0 spiro atoms. The number of nitrogens with zero attached hydrogens (tertiary/aromatic N) is 2. The molecule has 19 heavy (non-hydrogen) atoms. The van der Waals surface area contributed by atoms with Gasteiger partial charge in [-0.25, -0.2) is 4.98 Å². The van der Waals surface area contributed by atoms with E-state index in [1.807, 2.05) is 31.3 Å². The van der Waals surface area contributed by atoms with Gasteiger partial charge in [0.25, 0.3) is 0 Å². The molecule has 0 atom stereocenters. The zero-order chi connectivity index (χ0) is 13.4. The van der Waals surface area contributed by atoms with Gasteiger partial charge in [-0.1, -0.05) is 13.0 Å². The third-order valence-corrected chi connectivity index (χ3v) is 3.52. The maximum Gasteiger partial charge on any atom is 0.140 e. The Labute approximate surface area is 112 Å². The molecule has 0 fully saturated rings. The Hall–Kier alpha value is -2.29. The average Bonchev–Trinajstić information content (AvgIpc) is 2.76. The van der Waals surface area contributed by atoms with Crippen LogP contribution in [0.15, 0.2) is 42.5 Å². The minimum absolute atomic E-state index is 0.774. The largest absolute Gasteiger partial charge is 0.399 e. The predicted octanol–water partition coefficient (Wildman–Crippen LogP) is 3.38. The molecular weight excluding hydrogens is 234 g/mol. The Morgan fingerprint density at radius 2 is 1.84 bits per heavy atom. The number of rotatable bonds is 2. The molecule has 3 aromatic rings. The topological polar surface area (TPSA) is 43.8 Å². The van der Waals surface area contributed by atoms with Crippen molar-refractivity contribution in [1.82, 2.24) is 9.55 Å². The van der Waals surface area contributed by atoms with Crippen molar-refractivity contribution in [3.63, 3.8) is 0 Å². The number of benzene rings is 2. The second-order valence-electron chi connectivity index (χ2n) is 4.79. The van der Waals surface area contributed by atoms with Gasteiger partial charge in [-0.15, -0.1) is 0 Å². The number of hydrogen-bond donors (Lipinski definition) is 1. The van der Waals surface area contributed by atoms with E-state index in [2.05, 4.69) is 29.7 Å². The Morgan fingerprint density at radius 1 is 1.11 bits per heavy atom. The second-order valence-corrected chi connectivity index (χ2v) is 4.79. The highest BCUT2D eigenvalue weighted by Gasteiger charge is 2.09. The summed E-state index contributed by atoms with van der Waals surface area (Å²) in [6, 6.07) is 14.3.